The van der Waals surface area contributed by atoms with Gasteiger partial charge in [0.15, 0.2) is 0 Å². The summed E-state index contributed by atoms with van der Waals surface area (Å²) in [7, 11) is 0. The van der Waals surface area contributed by atoms with Crippen molar-refractivity contribution in [2.24, 2.45) is 5.92 Å². The van der Waals surface area contributed by atoms with Gasteiger partial charge in [0.25, 0.3) is 0 Å². The number of aliphatic hydroxyl groups is 1. The number of carbonyl (C=O) groups is 1. The molecule has 4 rings (SSSR count). The lowest BCUT2D eigenvalue weighted by molar-refractivity contribution is -0.126. The summed E-state index contributed by atoms with van der Waals surface area (Å²) >= 11 is 0. The molecule has 120 valence electrons. The minimum Gasteiger partial charge on any atom is -0.390 e. The maximum Gasteiger partial charge on any atom is 0.224 e. The van der Waals surface area contributed by atoms with Gasteiger partial charge in [0.2, 0.25) is 5.91 Å². The van der Waals surface area contributed by atoms with Gasteiger partial charge in [-0.1, -0.05) is 24.3 Å². The number of imidazole rings is 1. The number of nitrogens with one attached hydrogen (secondary N) is 2. The largest absolute Gasteiger partial charge is 0.390 e. The number of amides is 1. The molecule has 1 aromatic carbocycles. The summed E-state index contributed by atoms with van der Waals surface area (Å²) < 4.78 is 0. The summed E-state index contributed by atoms with van der Waals surface area (Å²) in [6.07, 6.45) is 2.42. The number of aryl methyl sites for hydroxylation is 2. The van der Waals surface area contributed by atoms with Crippen LogP contribution in [0, 0.1) is 12.8 Å². The van der Waals surface area contributed by atoms with Gasteiger partial charge in [-0.2, -0.15) is 0 Å². The molecular formula is C18H21N3O2. The lowest BCUT2D eigenvalue weighted by atomic mass is 9.89. The summed E-state index contributed by atoms with van der Waals surface area (Å²) in [6, 6.07) is 7.65. The number of H-pyrrole nitrogens is 1. The Morgan fingerprint density at radius 2 is 2.17 bits per heavy atom. The number of fused-ring (bicyclic) bond motifs is 2. The Morgan fingerprint density at radius 1 is 1.35 bits per heavy atom. The maximum absolute atomic E-state index is 12.7. The third-order valence-corrected chi connectivity index (χ3v) is 5.04. The average molecular weight is 311 g/mol. The van der Waals surface area contributed by atoms with Crippen molar-refractivity contribution in [3.63, 3.8) is 0 Å². The fourth-order valence-electron chi connectivity index (χ4n) is 3.87. The second-order valence-corrected chi connectivity index (χ2v) is 6.64. The number of nitrogens with zero attached hydrogens (tertiary/aromatic N) is 1. The zero-order chi connectivity index (χ0) is 16.0. The van der Waals surface area contributed by atoms with Gasteiger partial charge in [0.05, 0.1) is 17.8 Å². The van der Waals surface area contributed by atoms with Gasteiger partial charge >= 0.3 is 0 Å². The number of carbonyl (C=O) groups excluding carboxylic acids is 1. The van der Waals surface area contributed by atoms with Gasteiger partial charge in [-0.25, -0.2) is 4.98 Å². The van der Waals surface area contributed by atoms with E-state index in [-0.39, 0.29) is 17.9 Å². The average Bonchev–Trinajstić information content (AvgIpc) is 3.06. The summed E-state index contributed by atoms with van der Waals surface area (Å²) in [6.45, 7) is 1.94. The Balaban J connectivity index is 1.49. The molecule has 3 atom stereocenters. The van der Waals surface area contributed by atoms with Crippen molar-refractivity contribution >= 4 is 5.91 Å². The summed E-state index contributed by atoms with van der Waals surface area (Å²) in [5, 5.41) is 13.4. The lowest BCUT2D eigenvalue weighted by Gasteiger charge is -2.24. The van der Waals surface area contributed by atoms with Crippen LogP contribution in [0.1, 0.15) is 40.8 Å². The quantitative estimate of drug-likeness (QED) is 0.788. The van der Waals surface area contributed by atoms with Crippen LogP contribution < -0.4 is 5.32 Å². The van der Waals surface area contributed by atoms with Crippen LogP contribution in [0.4, 0.5) is 0 Å². The highest BCUT2D eigenvalue weighted by Gasteiger charge is 2.34. The molecule has 0 saturated carbocycles. The molecule has 0 unspecified atom stereocenters. The zero-order valence-electron chi connectivity index (χ0n) is 13.2. The van der Waals surface area contributed by atoms with E-state index in [0.717, 1.165) is 41.2 Å². The number of hydrogen-bond donors (Lipinski definition) is 3. The van der Waals surface area contributed by atoms with E-state index >= 15 is 0 Å². The van der Waals surface area contributed by atoms with Crippen molar-refractivity contribution in [1.29, 1.82) is 0 Å². The SMILES string of the molecule is Cc1nc2c([nH]1)C[C@@H](C(=O)N[C@H]1c3ccccc3C[C@H]1O)CC2. The Morgan fingerprint density at radius 3 is 3.04 bits per heavy atom. The third-order valence-electron chi connectivity index (χ3n) is 5.04. The van der Waals surface area contributed by atoms with Crippen LogP contribution in [0.2, 0.25) is 0 Å². The second kappa shape index (κ2) is 5.49. The minimum absolute atomic E-state index is 0.0312. The first kappa shape index (κ1) is 14.5. The fraction of sp³-hybridized carbons (Fsp3) is 0.444. The maximum atomic E-state index is 12.7. The van der Waals surface area contributed by atoms with E-state index in [2.05, 4.69) is 15.3 Å². The van der Waals surface area contributed by atoms with Crippen molar-refractivity contribution in [2.45, 2.75) is 44.8 Å². The molecule has 2 aliphatic rings. The molecule has 2 aromatic rings. The molecule has 23 heavy (non-hydrogen) atoms. The Labute approximate surface area is 135 Å². The van der Waals surface area contributed by atoms with Crippen molar-refractivity contribution in [2.75, 3.05) is 0 Å². The smallest absolute Gasteiger partial charge is 0.224 e. The predicted octanol–water partition coefficient (Wildman–Crippen LogP) is 1.60. The molecule has 1 aromatic heterocycles. The molecular weight excluding hydrogens is 290 g/mol. The van der Waals surface area contributed by atoms with Crippen molar-refractivity contribution < 1.29 is 9.90 Å². The van der Waals surface area contributed by atoms with E-state index in [1.807, 2.05) is 31.2 Å². The normalized spacial score (nSPS) is 25.7. The first-order valence-corrected chi connectivity index (χ1v) is 8.22. The van der Waals surface area contributed by atoms with Crippen molar-refractivity contribution in [1.82, 2.24) is 15.3 Å². The van der Waals surface area contributed by atoms with Crippen molar-refractivity contribution in [3.8, 4) is 0 Å². The molecule has 2 aliphatic carbocycles. The van der Waals surface area contributed by atoms with Gasteiger partial charge in [0, 0.05) is 24.5 Å². The van der Waals surface area contributed by atoms with Crippen LogP contribution >= 0.6 is 0 Å². The van der Waals surface area contributed by atoms with E-state index in [4.69, 9.17) is 0 Å². The first-order valence-electron chi connectivity index (χ1n) is 8.22. The highest BCUT2D eigenvalue weighted by atomic mass is 16.3. The molecule has 0 bridgehead atoms. The number of aromatic amines is 1. The van der Waals surface area contributed by atoms with Crippen LogP contribution in [-0.2, 0) is 24.1 Å². The van der Waals surface area contributed by atoms with Gasteiger partial charge < -0.3 is 15.4 Å². The molecule has 0 fully saturated rings. The van der Waals surface area contributed by atoms with E-state index in [1.54, 1.807) is 0 Å². The first-order chi connectivity index (χ1) is 11.1. The van der Waals surface area contributed by atoms with E-state index in [1.165, 1.54) is 0 Å². The van der Waals surface area contributed by atoms with E-state index in [9.17, 15) is 9.90 Å². The molecule has 0 saturated heterocycles. The fourth-order valence-corrected chi connectivity index (χ4v) is 3.87. The van der Waals surface area contributed by atoms with E-state index < -0.39 is 6.10 Å². The standard InChI is InChI=1S/C18H21N3O2/c1-10-19-14-7-6-12(8-15(14)20-10)18(23)21-17-13-5-3-2-4-11(13)9-16(17)22/h2-5,12,16-17,22H,6-9H2,1H3,(H,19,20)(H,21,23)/t12-,16+,17-/m0/s1. The number of hydrogen-bond acceptors (Lipinski definition) is 3. The molecule has 5 heteroatoms. The Bertz CT molecular complexity index is 752. The summed E-state index contributed by atoms with van der Waals surface area (Å²) in [4.78, 5) is 20.4. The molecule has 1 amide bonds. The number of aromatic nitrogens is 2. The van der Waals surface area contributed by atoms with Gasteiger partial charge in [0.1, 0.15) is 5.82 Å². The van der Waals surface area contributed by atoms with Gasteiger partial charge in [-0.05, 0) is 30.9 Å². The van der Waals surface area contributed by atoms with Gasteiger partial charge in [-0.3, -0.25) is 4.79 Å². The molecule has 0 spiro atoms. The second-order valence-electron chi connectivity index (χ2n) is 6.64. The topological polar surface area (TPSA) is 78.0 Å². The van der Waals surface area contributed by atoms with Crippen molar-refractivity contribution in [3.05, 3.63) is 52.6 Å². The molecule has 5 nitrogen and oxygen atoms in total. The Hall–Kier alpha value is -2.14. The third kappa shape index (κ3) is 2.55. The van der Waals surface area contributed by atoms with Crippen LogP contribution in [0.3, 0.4) is 0 Å². The van der Waals surface area contributed by atoms with Gasteiger partial charge in [-0.15, -0.1) is 0 Å². The molecule has 0 radical (unpaired) electrons. The Kier molecular flexibility index (Phi) is 3.45. The summed E-state index contributed by atoms with van der Waals surface area (Å²) in [5.41, 5.74) is 4.35. The van der Waals surface area contributed by atoms with Crippen LogP contribution in [0.5, 0.6) is 0 Å². The number of aliphatic hydroxyl groups excluding tert-OH is 1. The minimum atomic E-state index is -0.537. The monoisotopic (exact) mass is 311 g/mol. The molecule has 3 N–H and O–H groups in total. The molecule has 1 heterocycles. The lowest BCUT2D eigenvalue weighted by Crippen LogP contribution is -2.39. The molecule has 0 aliphatic heterocycles. The number of rotatable bonds is 2. The highest BCUT2D eigenvalue weighted by Crippen LogP contribution is 2.32. The van der Waals surface area contributed by atoms with Crippen LogP contribution in [0.25, 0.3) is 0 Å². The van der Waals surface area contributed by atoms with Crippen LogP contribution in [0.15, 0.2) is 24.3 Å². The predicted molar refractivity (Wildman–Crippen MR) is 85.9 cm³/mol. The zero-order valence-corrected chi connectivity index (χ0v) is 13.2. The number of benzene rings is 1. The van der Waals surface area contributed by atoms with E-state index in [0.29, 0.717) is 12.8 Å². The highest BCUT2D eigenvalue weighted by molar-refractivity contribution is 5.80. The summed E-state index contributed by atoms with van der Waals surface area (Å²) in [5.74, 6) is 0.891. The van der Waals surface area contributed by atoms with Crippen LogP contribution in [-0.4, -0.2) is 27.1 Å².